The van der Waals surface area contributed by atoms with Gasteiger partial charge in [-0.05, 0) is 17.7 Å². The van der Waals surface area contributed by atoms with E-state index < -0.39 is 5.82 Å². The molecule has 0 unspecified atom stereocenters. The van der Waals surface area contributed by atoms with Crippen LogP contribution in [-0.4, -0.2) is 20.3 Å². The van der Waals surface area contributed by atoms with E-state index in [1.807, 2.05) is 0 Å². The van der Waals surface area contributed by atoms with Crippen LogP contribution < -0.4 is 5.32 Å². The summed E-state index contributed by atoms with van der Waals surface area (Å²) >= 11 is 5.70. The van der Waals surface area contributed by atoms with E-state index in [9.17, 15) is 9.18 Å². The van der Waals surface area contributed by atoms with Gasteiger partial charge in [0.2, 0.25) is 0 Å². The number of carbonyl (C=O) groups is 1. The molecule has 2 aromatic heterocycles. The summed E-state index contributed by atoms with van der Waals surface area (Å²) in [7, 11) is 0. The molecule has 3 aromatic rings. The lowest BCUT2D eigenvalue weighted by atomic mass is 10.2. The normalized spacial score (nSPS) is 10.8. The standard InChI is InChI=1S/C14H10ClFN4O/c15-10-7-9(1-2-11(10)16)8-19-14(21)12-13-18-4-6-20(13)5-3-17-12/h1-7H,8H2,(H,19,21). The highest BCUT2D eigenvalue weighted by Gasteiger charge is 2.13. The molecule has 0 aliphatic rings. The van der Waals surface area contributed by atoms with Gasteiger partial charge >= 0.3 is 0 Å². The average molecular weight is 305 g/mol. The first-order valence-corrected chi connectivity index (χ1v) is 6.53. The summed E-state index contributed by atoms with van der Waals surface area (Å²) in [5.74, 6) is -0.845. The Kier molecular flexibility index (Phi) is 3.53. The van der Waals surface area contributed by atoms with Crippen molar-refractivity contribution in [1.82, 2.24) is 19.7 Å². The molecule has 1 N–H and O–H groups in total. The highest BCUT2D eigenvalue weighted by atomic mass is 35.5. The molecule has 0 radical (unpaired) electrons. The van der Waals surface area contributed by atoms with E-state index in [4.69, 9.17) is 11.6 Å². The van der Waals surface area contributed by atoms with Crippen LogP contribution in [0.4, 0.5) is 4.39 Å². The number of rotatable bonds is 3. The zero-order valence-electron chi connectivity index (χ0n) is 10.8. The van der Waals surface area contributed by atoms with Gasteiger partial charge in [0.25, 0.3) is 5.91 Å². The number of amides is 1. The third-order valence-corrected chi connectivity index (χ3v) is 3.25. The van der Waals surface area contributed by atoms with Crippen molar-refractivity contribution in [2.24, 2.45) is 0 Å². The quantitative estimate of drug-likeness (QED) is 0.808. The topological polar surface area (TPSA) is 59.3 Å². The monoisotopic (exact) mass is 304 g/mol. The molecule has 5 nitrogen and oxygen atoms in total. The number of halogens is 2. The van der Waals surface area contributed by atoms with Crippen LogP contribution in [0, 0.1) is 5.82 Å². The molecular formula is C14H10ClFN4O. The summed E-state index contributed by atoms with van der Waals surface area (Å²) in [6.07, 6.45) is 6.55. The van der Waals surface area contributed by atoms with Crippen molar-refractivity contribution in [3.63, 3.8) is 0 Å². The molecule has 0 saturated carbocycles. The Hall–Kier alpha value is -2.47. The first-order valence-electron chi connectivity index (χ1n) is 6.15. The molecule has 2 heterocycles. The number of benzene rings is 1. The predicted octanol–water partition coefficient (Wildman–Crippen LogP) is 2.45. The lowest BCUT2D eigenvalue weighted by Gasteiger charge is -2.06. The second-order valence-electron chi connectivity index (χ2n) is 4.37. The van der Waals surface area contributed by atoms with E-state index in [1.165, 1.54) is 18.3 Å². The number of nitrogens with zero attached hydrogens (tertiary/aromatic N) is 3. The minimum Gasteiger partial charge on any atom is -0.347 e. The van der Waals surface area contributed by atoms with Crippen molar-refractivity contribution in [2.45, 2.75) is 6.54 Å². The van der Waals surface area contributed by atoms with E-state index >= 15 is 0 Å². The molecule has 7 heteroatoms. The fraction of sp³-hybridized carbons (Fsp3) is 0.0714. The summed E-state index contributed by atoms with van der Waals surface area (Å²) in [5, 5.41) is 2.73. The van der Waals surface area contributed by atoms with Crippen LogP contribution in [0.2, 0.25) is 5.02 Å². The smallest absolute Gasteiger partial charge is 0.274 e. The van der Waals surface area contributed by atoms with Crippen LogP contribution in [0.25, 0.3) is 5.65 Å². The van der Waals surface area contributed by atoms with E-state index in [2.05, 4.69) is 15.3 Å². The Balaban J connectivity index is 1.77. The number of aromatic nitrogens is 3. The van der Waals surface area contributed by atoms with Crippen LogP contribution in [0.3, 0.4) is 0 Å². The Morgan fingerprint density at radius 1 is 1.29 bits per heavy atom. The molecular weight excluding hydrogens is 295 g/mol. The molecule has 0 fully saturated rings. The first kappa shape index (κ1) is 13.5. The molecule has 0 atom stereocenters. The Labute approximate surface area is 124 Å². The molecule has 0 saturated heterocycles. The van der Waals surface area contributed by atoms with Gasteiger partial charge in [-0.2, -0.15) is 0 Å². The largest absolute Gasteiger partial charge is 0.347 e. The number of hydrogen-bond donors (Lipinski definition) is 1. The van der Waals surface area contributed by atoms with E-state index in [-0.39, 0.29) is 23.2 Å². The van der Waals surface area contributed by atoms with Crippen molar-refractivity contribution >= 4 is 23.2 Å². The van der Waals surface area contributed by atoms with Crippen molar-refractivity contribution < 1.29 is 9.18 Å². The Morgan fingerprint density at radius 3 is 2.81 bits per heavy atom. The maximum atomic E-state index is 13.1. The zero-order valence-corrected chi connectivity index (χ0v) is 11.5. The molecule has 0 bridgehead atoms. The predicted molar refractivity (Wildman–Crippen MR) is 75.6 cm³/mol. The number of fused-ring (bicyclic) bond motifs is 1. The van der Waals surface area contributed by atoms with Crippen LogP contribution in [0.15, 0.2) is 43.0 Å². The summed E-state index contributed by atoms with van der Waals surface area (Å²) in [4.78, 5) is 20.3. The van der Waals surface area contributed by atoms with Gasteiger partial charge in [-0.25, -0.2) is 14.4 Å². The van der Waals surface area contributed by atoms with Crippen molar-refractivity contribution in [2.75, 3.05) is 0 Å². The van der Waals surface area contributed by atoms with Gasteiger partial charge in [0.05, 0.1) is 5.02 Å². The molecule has 0 spiro atoms. The minimum absolute atomic E-state index is 0.0234. The average Bonchev–Trinajstić information content (AvgIpc) is 2.96. The Bertz CT molecular complexity index is 818. The van der Waals surface area contributed by atoms with E-state index in [1.54, 1.807) is 29.1 Å². The number of imidazole rings is 1. The lowest BCUT2D eigenvalue weighted by molar-refractivity contribution is 0.0947. The fourth-order valence-corrected chi connectivity index (χ4v) is 2.13. The van der Waals surface area contributed by atoms with Gasteiger partial charge in [-0.15, -0.1) is 0 Å². The molecule has 1 amide bonds. The summed E-state index contributed by atoms with van der Waals surface area (Å²) in [6, 6.07) is 4.29. The molecule has 0 aliphatic carbocycles. The van der Waals surface area contributed by atoms with E-state index in [0.717, 1.165) is 0 Å². The molecule has 0 aliphatic heterocycles. The number of carbonyl (C=O) groups excluding carboxylic acids is 1. The molecule has 106 valence electrons. The second kappa shape index (κ2) is 5.49. The maximum absolute atomic E-state index is 13.1. The molecule has 21 heavy (non-hydrogen) atoms. The van der Waals surface area contributed by atoms with Crippen LogP contribution in [0.1, 0.15) is 16.1 Å². The van der Waals surface area contributed by atoms with Gasteiger partial charge in [0, 0.05) is 31.3 Å². The van der Waals surface area contributed by atoms with E-state index in [0.29, 0.717) is 11.2 Å². The highest BCUT2D eigenvalue weighted by Crippen LogP contribution is 2.16. The molecule has 3 rings (SSSR count). The third-order valence-electron chi connectivity index (χ3n) is 2.96. The maximum Gasteiger partial charge on any atom is 0.274 e. The van der Waals surface area contributed by atoms with Crippen LogP contribution in [-0.2, 0) is 6.54 Å². The fourth-order valence-electron chi connectivity index (χ4n) is 1.93. The van der Waals surface area contributed by atoms with Gasteiger partial charge in [0.1, 0.15) is 5.82 Å². The third kappa shape index (κ3) is 2.71. The minimum atomic E-state index is -0.490. The van der Waals surface area contributed by atoms with Crippen molar-refractivity contribution in [3.05, 3.63) is 65.1 Å². The highest BCUT2D eigenvalue weighted by molar-refractivity contribution is 6.30. The summed E-state index contributed by atoms with van der Waals surface area (Å²) in [5.41, 5.74) is 1.41. The number of hydrogen-bond acceptors (Lipinski definition) is 3. The Morgan fingerprint density at radius 2 is 2.05 bits per heavy atom. The van der Waals surface area contributed by atoms with Crippen LogP contribution in [0.5, 0.6) is 0 Å². The van der Waals surface area contributed by atoms with Crippen LogP contribution >= 0.6 is 11.6 Å². The zero-order chi connectivity index (χ0) is 14.8. The number of nitrogens with one attached hydrogen (secondary N) is 1. The molecule has 1 aromatic carbocycles. The first-order chi connectivity index (χ1) is 10.1. The van der Waals surface area contributed by atoms with Gasteiger partial charge in [-0.1, -0.05) is 17.7 Å². The van der Waals surface area contributed by atoms with Crippen molar-refractivity contribution in [1.29, 1.82) is 0 Å². The summed E-state index contributed by atoms with van der Waals surface area (Å²) < 4.78 is 14.8. The van der Waals surface area contributed by atoms with Gasteiger partial charge in [0.15, 0.2) is 11.3 Å². The van der Waals surface area contributed by atoms with Crippen molar-refractivity contribution in [3.8, 4) is 0 Å². The summed E-state index contributed by atoms with van der Waals surface area (Å²) in [6.45, 7) is 0.224. The SMILES string of the molecule is O=C(NCc1ccc(F)c(Cl)c1)c1nccn2ccnc12. The van der Waals surface area contributed by atoms with Gasteiger partial charge in [-0.3, -0.25) is 4.79 Å². The van der Waals surface area contributed by atoms with Gasteiger partial charge < -0.3 is 9.72 Å². The second-order valence-corrected chi connectivity index (χ2v) is 4.77. The lowest BCUT2D eigenvalue weighted by Crippen LogP contribution is -2.24.